The van der Waals surface area contributed by atoms with Gasteiger partial charge >= 0.3 is 0 Å². The minimum Gasteiger partial charge on any atom is -0.497 e. The van der Waals surface area contributed by atoms with E-state index in [2.05, 4.69) is 28.3 Å². The van der Waals surface area contributed by atoms with E-state index in [1.165, 1.54) is 0 Å². The summed E-state index contributed by atoms with van der Waals surface area (Å²) in [6.07, 6.45) is 5.92. The summed E-state index contributed by atoms with van der Waals surface area (Å²) in [5.74, 6) is 1.14. The summed E-state index contributed by atoms with van der Waals surface area (Å²) in [7, 11) is 3.18. The highest BCUT2D eigenvalue weighted by Gasteiger charge is 2.10. The van der Waals surface area contributed by atoms with Crippen molar-refractivity contribution >= 4 is 11.6 Å². The van der Waals surface area contributed by atoms with Gasteiger partial charge in [0.25, 0.3) is 5.91 Å². The highest BCUT2D eigenvalue weighted by atomic mass is 16.5. The van der Waals surface area contributed by atoms with E-state index in [0.717, 1.165) is 30.7 Å². The SMILES string of the molecule is C=C(NCCC1=NCCC=C1)C(=O)NCc1ccc(OC)cc1OC. The zero-order valence-electron chi connectivity index (χ0n) is 14.8. The zero-order chi connectivity index (χ0) is 18.1. The Labute approximate surface area is 148 Å². The molecule has 0 aliphatic carbocycles. The topological polar surface area (TPSA) is 72.0 Å². The van der Waals surface area contributed by atoms with Gasteiger partial charge in [0.1, 0.15) is 11.5 Å². The number of methoxy groups -OCH3 is 2. The first-order valence-electron chi connectivity index (χ1n) is 8.25. The maximum atomic E-state index is 12.1. The lowest BCUT2D eigenvalue weighted by Gasteiger charge is -2.13. The van der Waals surface area contributed by atoms with Crippen molar-refractivity contribution in [3.05, 3.63) is 48.2 Å². The number of carbonyl (C=O) groups excluding carboxylic acids is 1. The Balaban J connectivity index is 1.78. The molecule has 2 N–H and O–H groups in total. The van der Waals surface area contributed by atoms with E-state index in [9.17, 15) is 4.79 Å². The van der Waals surface area contributed by atoms with Gasteiger partial charge in [0, 0.05) is 43.4 Å². The van der Waals surface area contributed by atoms with Crippen LogP contribution in [-0.2, 0) is 11.3 Å². The number of dihydropyridines is 1. The molecule has 1 amide bonds. The number of nitrogens with zero attached hydrogens (tertiary/aromatic N) is 1. The smallest absolute Gasteiger partial charge is 0.267 e. The van der Waals surface area contributed by atoms with Gasteiger partial charge in [-0.1, -0.05) is 12.7 Å². The lowest BCUT2D eigenvalue weighted by atomic mass is 10.2. The van der Waals surface area contributed by atoms with E-state index >= 15 is 0 Å². The van der Waals surface area contributed by atoms with Crippen LogP contribution in [-0.4, -0.2) is 38.9 Å². The van der Waals surface area contributed by atoms with Gasteiger partial charge in [-0.25, -0.2) is 0 Å². The summed E-state index contributed by atoms with van der Waals surface area (Å²) in [5.41, 5.74) is 2.26. The maximum Gasteiger partial charge on any atom is 0.267 e. The third-order valence-electron chi connectivity index (χ3n) is 3.85. The monoisotopic (exact) mass is 343 g/mol. The first-order valence-corrected chi connectivity index (χ1v) is 8.25. The molecule has 2 rings (SSSR count). The summed E-state index contributed by atoms with van der Waals surface area (Å²) >= 11 is 0. The highest BCUT2D eigenvalue weighted by molar-refractivity contribution is 5.96. The molecule has 0 spiro atoms. The van der Waals surface area contributed by atoms with Gasteiger partial charge in [0.05, 0.1) is 19.9 Å². The Morgan fingerprint density at radius 2 is 2.12 bits per heavy atom. The van der Waals surface area contributed by atoms with Crippen molar-refractivity contribution in [1.82, 2.24) is 10.6 Å². The van der Waals surface area contributed by atoms with Gasteiger partial charge < -0.3 is 20.1 Å². The van der Waals surface area contributed by atoms with Crippen LogP contribution in [0.1, 0.15) is 18.4 Å². The number of nitrogens with one attached hydrogen (secondary N) is 2. The van der Waals surface area contributed by atoms with Crippen LogP contribution < -0.4 is 20.1 Å². The van der Waals surface area contributed by atoms with Gasteiger partial charge in [-0.2, -0.15) is 0 Å². The molecule has 0 unspecified atom stereocenters. The Kier molecular flexibility index (Phi) is 7.07. The van der Waals surface area contributed by atoms with E-state index in [1.807, 2.05) is 18.2 Å². The van der Waals surface area contributed by atoms with Gasteiger partial charge in [0.2, 0.25) is 0 Å². The molecule has 1 aromatic carbocycles. The molecule has 0 fully saturated rings. The number of amides is 1. The normalized spacial score (nSPS) is 13.0. The van der Waals surface area contributed by atoms with Crippen LogP contribution in [0.15, 0.2) is 47.6 Å². The second kappa shape index (κ2) is 9.52. The average Bonchev–Trinajstić information content (AvgIpc) is 2.66. The Hall–Kier alpha value is -2.76. The molecule has 1 aromatic rings. The van der Waals surface area contributed by atoms with E-state index in [1.54, 1.807) is 20.3 Å². The number of benzene rings is 1. The van der Waals surface area contributed by atoms with E-state index < -0.39 is 0 Å². The number of carbonyl (C=O) groups is 1. The molecule has 0 aromatic heterocycles. The van der Waals surface area contributed by atoms with Crippen molar-refractivity contribution in [2.75, 3.05) is 27.3 Å². The average molecular weight is 343 g/mol. The van der Waals surface area contributed by atoms with Gasteiger partial charge in [0.15, 0.2) is 0 Å². The molecule has 6 heteroatoms. The molecule has 0 bridgehead atoms. The van der Waals surface area contributed by atoms with Gasteiger partial charge in [-0.15, -0.1) is 0 Å². The second-order valence-electron chi connectivity index (χ2n) is 5.58. The first-order chi connectivity index (χ1) is 12.1. The molecule has 1 aliphatic rings. The Morgan fingerprint density at radius 1 is 1.28 bits per heavy atom. The number of hydrogen-bond acceptors (Lipinski definition) is 5. The summed E-state index contributed by atoms with van der Waals surface area (Å²) in [6, 6.07) is 5.48. The van der Waals surface area contributed by atoms with Gasteiger partial charge in [-0.3, -0.25) is 9.79 Å². The molecule has 0 saturated heterocycles. The van der Waals surface area contributed by atoms with Crippen molar-refractivity contribution in [3.63, 3.8) is 0 Å². The maximum absolute atomic E-state index is 12.1. The van der Waals surface area contributed by atoms with Crippen molar-refractivity contribution in [2.24, 2.45) is 4.99 Å². The third-order valence-corrected chi connectivity index (χ3v) is 3.85. The van der Waals surface area contributed by atoms with E-state index in [0.29, 0.717) is 30.3 Å². The molecule has 1 heterocycles. The molecule has 0 atom stereocenters. The fraction of sp³-hybridized carbons (Fsp3) is 0.368. The molecule has 0 radical (unpaired) electrons. The molecule has 134 valence electrons. The number of allylic oxidation sites excluding steroid dienone is 1. The molecular formula is C19H25N3O3. The van der Waals surface area contributed by atoms with Crippen LogP contribution in [0, 0.1) is 0 Å². The summed E-state index contributed by atoms with van der Waals surface area (Å²) in [6.45, 7) is 5.61. The second-order valence-corrected chi connectivity index (χ2v) is 5.58. The minimum absolute atomic E-state index is 0.237. The van der Waals surface area contributed by atoms with Crippen LogP contribution in [0.2, 0.25) is 0 Å². The Morgan fingerprint density at radius 3 is 2.80 bits per heavy atom. The van der Waals surface area contributed by atoms with Crippen LogP contribution in [0.3, 0.4) is 0 Å². The molecule has 0 saturated carbocycles. The Bertz CT molecular complexity index is 680. The van der Waals surface area contributed by atoms with Crippen molar-refractivity contribution in [2.45, 2.75) is 19.4 Å². The summed E-state index contributed by atoms with van der Waals surface area (Å²) in [4.78, 5) is 16.6. The standard InChI is InChI=1S/C19H25N3O3/c1-14(20-11-9-16-6-4-5-10-21-16)19(23)22-13-15-7-8-17(24-2)12-18(15)25-3/h4,6-8,12,20H,1,5,9-11,13H2,2-3H3,(H,22,23). The van der Waals surface area contributed by atoms with Crippen molar-refractivity contribution < 1.29 is 14.3 Å². The van der Waals surface area contributed by atoms with Crippen molar-refractivity contribution in [3.8, 4) is 11.5 Å². The van der Waals surface area contributed by atoms with Crippen molar-refractivity contribution in [1.29, 1.82) is 0 Å². The van der Waals surface area contributed by atoms with Crippen LogP contribution >= 0.6 is 0 Å². The largest absolute Gasteiger partial charge is 0.497 e. The highest BCUT2D eigenvalue weighted by Crippen LogP contribution is 2.24. The fourth-order valence-corrected chi connectivity index (χ4v) is 2.42. The lowest BCUT2D eigenvalue weighted by Crippen LogP contribution is -2.31. The molecule has 1 aliphatic heterocycles. The third kappa shape index (κ3) is 5.67. The molecule has 25 heavy (non-hydrogen) atoms. The predicted octanol–water partition coefficient (Wildman–Crippen LogP) is 2.21. The first kappa shape index (κ1) is 18.6. The number of hydrogen-bond donors (Lipinski definition) is 2. The van der Waals surface area contributed by atoms with E-state index in [-0.39, 0.29) is 5.91 Å². The predicted molar refractivity (Wildman–Crippen MR) is 99.2 cm³/mol. The van der Waals surface area contributed by atoms with Crippen LogP contribution in [0.4, 0.5) is 0 Å². The van der Waals surface area contributed by atoms with E-state index in [4.69, 9.17) is 9.47 Å². The number of ether oxygens (including phenoxy) is 2. The quantitative estimate of drug-likeness (QED) is 0.675. The number of rotatable bonds is 9. The van der Waals surface area contributed by atoms with Crippen LogP contribution in [0.5, 0.6) is 11.5 Å². The number of aliphatic imine (C=N–C) groups is 1. The lowest BCUT2D eigenvalue weighted by molar-refractivity contribution is -0.118. The summed E-state index contributed by atoms with van der Waals surface area (Å²) < 4.78 is 10.5. The fourth-order valence-electron chi connectivity index (χ4n) is 2.42. The van der Waals surface area contributed by atoms with Gasteiger partial charge in [-0.05, 0) is 24.6 Å². The van der Waals surface area contributed by atoms with Crippen LogP contribution in [0.25, 0.3) is 0 Å². The molecule has 6 nitrogen and oxygen atoms in total. The molecular weight excluding hydrogens is 318 g/mol. The minimum atomic E-state index is -0.237. The zero-order valence-corrected chi connectivity index (χ0v) is 14.8. The summed E-state index contributed by atoms with van der Waals surface area (Å²) in [5, 5.41) is 5.87.